The Morgan fingerprint density at radius 3 is 2.16 bits per heavy atom. The molecule has 183 valence electrons. The number of nitrogens with zero attached hydrogens (tertiary/aromatic N) is 1. The van der Waals surface area contributed by atoms with Crippen LogP contribution in [-0.2, 0) is 4.74 Å². The molecule has 1 heterocycles. The van der Waals surface area contributed by atoms with Crippen molar-refractivity contribution in [3.05, 3.63) is 6.42 Å². The van der Waals surface area contributed by atoms with Crippen molar-refractivity contribution in [3.8, 4) is 0 Å². The summed E-state index contributed by atoms with van der Waals surface area (Å²) >= 11 is 0. The van der Waals surface area contributed by atoms with E-state index >= 15 is 0 Å². The number of unbranched alkanes of at least 4 members (excludes halogenated alkanes) is 8. The molecule has 1 aliphatic rings. The minimum absolute atomic E-state index is 0.132. The van der Waals surface area contributed by atoms with Gasteiger partial charge in [0.1, 0.15) is 5.60 Å². The first-order chi connectivity index (χ1) is 14.9. The highest BCUT2D eigenvalue weighted by Gasteiger charge is 2.26. The molecule has 0 aromatic rings. The van der Waals surface area contributed by atoms with E-state index in [9.17, 15) is 4.79 Å². The molecule has 31 heavy (non-hydrogen) atoms. The lowest BCUT2D eigenvalue weighted by atomic mass is 9.86. The summed E-state index contributed by atoms with van der Waals surface area (Å²) in [7, 11) is 0. The lowest BCUT2D eigenvalue weighted by Crippen LogP contribution is -2.41. The van der Waals surface area contributed by atoms with Crippen LogP contribution in [0.1, 0.15) is 137 Å². The number of ether oxygens (including phenoxy) is 1. The van der Waals surface area contributed by atoms with Crippen LogP contribution >= 0.6 is 0 Å². The summed E-state index contributed by atoms with van der Waals surface area (Å²) in [6.45, 7) is 12.2. The third-order valence-electron chi connectivity index (χ3n) is 6.72. The summed E-state index contributed by atoms with van der Waals surface area (Å²) in [5.41, 5.74) is -0.396. The van der Waals surface area contributed by atoms with E-state index in [-0.39, 0.29) is 6.09 Å². The predicted molar refractivity (Wildman–Crippen MR) is 134 cm³/mol. The van der Waals surface area contributed by atoms with Crippen LogP contribution < -0.4 is 0 Å². The normalized spacial score (nSPS) is 16.5. The maximum absolute atomic E-state index is 12.3. The number of likely N-dealkylation sites (tertiary alicyclic amines) is 1. The van der Waals surface area contributed by atoms with E-state index in [2.05, 4.69) is 20.3 Å². The van der Waals surface area contributed by atoms with Crippen LogP contribution in [0.15, 0.2) is 0 Å². The highest BCUT2D eigenvalue weighted by atomic mass is 16.6. The van der Waals surface area contributed by atoms with E-state index < -0.39 is 5.60 Å². The van der Waals surface area contributed by atoms with Crippen LogP contribution in [0.2, 0.25) is 0 Å². The third kappa shape index (κ3) is 14.9. The summed E-state index contributed by atoms with van der Waals surface area (Å²) in [5.74, 6) is 1.68. The van der Waals surface area contributed by atoms with Crippen molar-refractivity contribution in [2.45, 2.75) is 143 Å². The molecule has 1 unspecified atom stereocenters. The monoisotopic (exact) mass is 436 g/mol. The largest absolute Gasteiger partial charge is 0.444 e. The lowest BCUT2D eigenvalue weighted by molar-refractivity contribution is 0.0180. The number of rotatable bonds is 16. The minimum Gasteiger partial charge on any atom is -0.444 e. The van der Waals surface area contributed by atoms with Crippen molar-refractivity contribution >= 4 is 6.09 Å². The van der Waals surface area contributed by atoms with Crippen molar-refractivity contribution in [2.24, 2.45) is 11.8 Å². The summed E-state index contributed by atoms with van der Waals surface area (Å²) in [6.07, 6.45) is 23.9. The van der Waals surface area contributed by atoms with E-state index in [0.29, 0.717) is 0 Å². The Morgan fingerprint density at radius 2 is 1.55 bits per heavy atom. The second kappa shape index (κ2) is 16.8. The molecule has 0 aromatic carbocycles. The summed E-state index contributed by atoms with van der Waals surface area (Å²) < 4.78 is 5.53. The molecule has 1 amide bonds. The van der Waals surface area contributed by atoms with Gasteiger partial charge in [0.25, 0.3) is 0 Å². The Balaban J connectivity index is 2.25. The molecule has 0 aliphatic carbocycles. The fourth-order valence-electron chi connectivity index (χ4n) is 4.73. The van der Waals surface area contributed by atoms with Gasteiger partial charge in [0.2, 0.25) is 0 Å². The first kappa shape index (κ1) is 28.3. The Bertz CT molecular complexity index is 435. The van der Waals surface area contributed by atoms with Gasteiger partial charge in [0.05, 0.1) is 0 Å². The van der Waals surface area contributed by atoms with Gasteiger partial charge in [-0.1, -0.05) is 97.3 Å². The van der Waals surface area contributed by atoms with E-state index in [4.69, 9.17) is 4.74 Å². The molecule has 3 heteroatoms. The number of hydrogen-bond acceptors (Lipinski definition) is 2. The van der Waals surface area contributed by atoms with Crippen LogP contribution in [-0.4, -0.2) is 29.7 Å². The molecule has 0 saturated carbocycles. The predicted octanol–water partition coefficient (Wildman–Crippen LogP) is 8.96. The molecule has 0 aromatic heterocycles. The van der Waals surface area contributed by atoms with Gasteiger partial charge in [-0.3, -0.25) is 0 Å². The van der Waals surface area contributed by atoms with E-state index in [1.54, 1.807) is 0 Å². The smallest absolute Gasteiger partial charge is 0.410 e. The molecular weight excluding hydrogens is 382 g/mol. The van der Waals surface area contributed by atoms with Crippen molar-refractivity contribution in [3.63, 3.8) is 0 Å². The highest BCUT2D eigenvalue weighted by Crippen LogP contribution is 2.28. The second-order valence-electron chi connectivity index (χ2n) is 10.9. The Kier molecular flexibility index (Phi) is 15.4. The molecule has 0 N–H and O–H groups in total. The zero-order valence-corrected chi connectivity index (χ0v) is 21.7. The fraction of sp³-hybridized carbons (Fsp3) is 0.929. The molecule has 1 radical (unpaired) electrons. The van der Waals surface area contributed by atoms with Gasteiger partial charge in [-0.05, 0) is 58.3 Å². The number of piperidine rings is 1. The average Bonchev–Trinajstić information content (AvgIpc) is 2.72. The second-order valence-corrected chi connectivity index (χ2v) is 10.9. The summed E-state index contributed by atoms with van der Waals surface area (Å²) in [4.78, 5) is 14.2. The summed E-state index contributed by atoms with van der Waals surface area (Å²) in [5, 5.41) is 0. The van der Waals surface area contributed by atoms with Crippen molar-refractivity contribution < 1.29 is 9.53 Å². The van der Waals surface area contributed by atoms with Gasteiger partial charge in [0.15, 0.2) is 0 Å². The quantitative estimate of drug-likeness (QED) is 0.226. The Hall–Kier alpha value is -0.730. The molecule has 1 aliphatic heterocycles. The van der Waals surface area contributed by atoms with Gasteiger partial charge in [0, 0.05) is 13.1 Å². The zero-order valence-electron chi connectivity index (χ0n) is 21.7. The highest BCUT2D eigenvalue weighted by molar-refractivity contribution is 5.68. The van der Waals surface area contributed by atoms with E-state index in [0.717, 1.165) is 37.8 Å². The number of carbonyl (C=O) groups is 1. The Labute approximate surface area is 195 Å². The van der Waals surface area contributed by atoms with Crippen molar-refractivity contribution in [1.82, 2.24) is 4.90 Å². The molecule has 0 spiro atoms. The lowest BCUT2D eigenvalue weighted by Gasteiger charge is -2.33. The topological polar surface area (TPSA) is 29.5 Å². The van der Waals surface area contributed by atoms with Crippen molar-refractivity contribution in [2.75, 3.05) is 13.1 Å². The number of hydrogen-bond donors (Lipinski definition) is 0. The first-order valence-corrected chi connectivity index (χ1v) is 13.6. The van der Waals surface area contributed by atoms with Crippen LogP contribution in [0.4, 0.5) is 4.79 Å². The maximum Gasteiger partial charge on any atom is 0.410 e. The van der Waals surface area contributed by atoms with Gasteiger partial charge in [-0.25, -0.2) is 4.79 Å². The molecular formula is C28H54NO2. The van der Waals surface area contributed by atoms with Gasteiger partial charge >= 0.3 is 6.09 Å². The third-order valence-corrected chi connectivity index (χ3v) is 6.72. The number of amides is 1. The molecule has 1 saturated heterocycles. The zero-order chi connectivity index (χ0) is 23.0. The fourth-order valence-corrected chi connectivity index (χ4v) is 4.73. The van der Waals surface area contributed by atoms with Gasteiger partial charge < -0.3 is 9.64 Å². The Morgan fingerprint density at radius 1 is 0.935 bits per heavy atom. The minimum atomic E-state index is -0.396. The van der Waals surface area contributed by atoms with Crippen LogP contribution in [0, 0.1) is 18.3 Å². The first-order valence-electron chi connectivity index (χ1n) is 13.6. The molecule has 1 atom stereocenters. The van der Waals surface area contributed by atoms with Gasteiger partial charge in [-0.2, -0.15) is 0 Å². The maximum atomic E-state index is 12.3. The van der Waals surface area contributed by atoms with Crippen LogP contribution in [0.25, 0.3) is 0 Å². The summed E-state index contributed by atoms with van der Waals surface area (Å²) in [6, 6.07) is 0. The van der Waals surface area contributed by atoms with Gasteiger partial charge in [-0.15, -0.1) is 0 Å². The van der Waals surface area contributed by atoms with Crippen LogP contribution in [0.5, 0.6) is 0 Å². The average molecular weight is 437 g/mol. The molecule has 1 fully saturated rings. The van der Waals surface area contributed by atoms with E-state index in [1.807, 2.05) is 25.7 Å². The SMILES string of the molecule is CCCCCC[CH]CC(CCCCCC)CCCC1CCN(C(=O)OC(C)(C)C)CC1. The molecule has 3 nitrogen and oxygen atoms in total. The van der Waals surface area contributed by atoms with Crippen LogP contribution in [0.3, 0.4) is 0 Å². The van der Waals surface area contributed by atoms with Crippen molar-refractivity contribution in [1.29, 1.82) is 0 Å². The standard InChI is InChI=1S/C28H54NO2/c1-6-8-10-12-13-15-18-25(17-14-11-9-7-2)19-16-20-26-21-23-29(24-22-26)27(30)31-28(3,4)5/h15,25-26H,6-14,16-24H2,1-5H3. The van der Waals surface area contributed by atoms with E-state index in [1.165, 1.54) is 89.9 Å². The molecule has 0 bridgehead atoms. The molecule has 1 rings (SSSR count). The number of carbonyl (C=O) groups excluding carboxylic acids is 1.